The zero-order valence-corrected chi connectivity index (χ0v) is 13.7. The third kappa shape index (κ3) is 2.50. The van der Waals surface area contributed by atoms with Gasteiger partial charge in [0.15, 0.2) is 0 Å². The Morgan fingerprint density at radius 1 is 1.17 bits per heavy atom. The molecule has 0 saturated heterocycles. The number of hydrogen-bond acceptors (Lipinski definition) is 3. The van der Waals surface area contributed by atoms with Crippen LogP contribution in [0, 0.1) is 5.92 Å². The first-order valence-corrected chi connectivity index (χ1v) is 8.35. The maximum Gasteiger partial charge on any atom is 0.140 e. The van der Waals surface area contributed by atoms with Crippen LogP contribution >= 0.6 is 0 Å². The lowest BCUT2D eigenvalue weighted by molar-refractivity contribution is 0.411. The van der Waals surface area contributed by atoms with Gasteiger partial charge in [0.1, 0.15) is 11.6 Å². The summed E-state index contributed by atoms with van der Waals surface area (Å²) in [7, 11) is 1.72. The Bertz CT molecular complexity index is 753. The zero-order chi connectivity index (χ0) is 15.8. The molecule has 1 aliphatic carbocycles. The van der Waals surface area contributed by atoms with Crippen molar-refractivity contribution < 1.29 is 4.74 Å². The Labute approximate surface area is 137 Å². The van der Waals surface area contributed by atoms with E-state index in [1.165, 1.54) is 30.4 Å². The van der Waals surface area contributed by atoms with E-state index in [0.717, 1.165) is 23.2 Å². The summed E-state index contributed by atoms with van der Waals surface area (Å²) in [4.78, 5) is 7.09. The van der Waals surface area contributed by atoms with Gasteiger partial charge in [-0.15, -0.1) is 0 Å². The molecule has 2 atom stereocenters. The summed E-state index contributed by atoms with van der Waals surface area (Å²) in [6.07, 6.45) is 7.87. The van der Waals surface area contributed by atoms with Gasteiger partial charge in [0.25, 0.3) is 0 Å². The average molecular weight is 306 g/mol. The smallest absolute Gasteiger partial charge is 0.140 e. The Hall–Kier alpha value is -2.29. The molecule has 0 spiro atoms. The molecule has 1 fully saturated rings. The molecule has 4 rings (SSSR count). The van der Waals surface area contributed by atoms with Crippen molar-refractivity contribution in [1.82, 2.24) is 4.98 Å². The number of methoxy groups -OCH3 is 1. The first-order valence-electron chi connectivity index (χ1n) is 8.35. The maximum atomic E-state index is 5.43. The van der Waals surface area contributed by atoms with E-state index in [-0.39, 0.29) is 0 Å². The van der Waals surface area contributed by atoms with Gasteiger partial charge >= 0.3 is 0 Å². The van der Waals surface area contributed by atoms with Crippen molar-refractivity contribution in [2.45, 2.75) is 32.2 Å². The second-order valence-electron chi connectivity index (χ2n) is 6.61. The Kier molecular flexibility index (Phi) is 3.56. The molecular formula is C20H22N2O. The highest BCUT2D eigenvalue weighted by Gasteiger charge is 2.34. The van der Waals surface area contributed by atoms with Crippen molar-refractivity contribution in [3.8, 4) is 5.75 Å². The molecular weight excluding hydrogens is 284 g/mol. The summed E-state index contributed by atoms with van der Waals surface area (Å²) in [6.45, 7) is 2.35. The number of aromatic nitrogens is 1. The average Bonchev–Trinajstić information content (AvgIpc) is 2.59. The number of hydrogen-bond donors (Lipinski definition) is 0. The molecule has 0 bridgehead atoms. The van der Waals surface area contributed by atoms with E-state index in [9.17, 15) is 0 Å². The van der Waals surface area contributed by atoms with Gasteiger partial charge in [0.2, 0.25) is 0 Å². The molecule has 1 aromatic carbocycles. The topological polar surface area (TPSA) is 25.4 Å². The first kappa shape index (κ1) is 14.3. The van der Waals surface area contributed by atoms with Crippen molar-refractivity contribution in [1.29, 1.82) is 0 Å². The van der Waals surface area contributed by atoms with Crippen molar-refractivity contribution in [3.05, 3.63) is 53.7 Å². The second-order valence-corrected chi connectivity index (χ2v) is 6.61. The molecule has 1 aromatic heterocycles. The Morgan fingerprint density at radius 2 is 2.09 bits per heavy atom. The highest BCUT2D eigenvalue weighted by atomic mass is 16.5. The molecule has 2 aromatic rings. The largest absolute Gasteiger partial charge is 0.497 e. The van der Waals surface area contributed by atoms with E-state index in [0.29, 0.717) is 6.04 Å². The predicted octanol–water partition coefficient (Wildman–Crippen LogP) is 4.81. The highest BCUT2D eigenvalue weighted by molar-refractivity contribution is 5.78. The quantitative estimate of drug-likeness (QED) is 0.796. The van der Waals surface area contributed by atoms with Gasteiger partial charge in [-0.25, -0.2) is 4.98 Å². The zero-order valence-electron chi connectivity index (χ0n) is 13.7. The lowest BCUT2D eigenvalue weighted by Gasteiger charge is -2.42. The van der Waals surface area contributed by atoms with Crippen LogP contribution in [0.1, 0.15) is 31.7 Å². The minimum atomic E-state index is 0.417. The lowest BCUT2D eigenvalue weighted by Crippen LogP contribution is -2.39. The summed E-state index contributed by atoms with van der Waals surface area (Å²) < 4.78 is 5.43. The number of rotatable bonds is 2. The van der Waals surface area contributed by atoms with Crippen LogP contribution in [-0.2, 0) is 0 Å². The number of pyridine rings is 1. The third-order valence-electron chi connectivity index (χ3n) is 4.97. The van der Waals surface area contributed by atoms with Crippen LogP contribution < -0.4 is 9.64 Å². The minimum absolute atomic E-state index is 0.417. The van der Waals surface area contributed by atoms with Crippen molar-refractivity contribution >= 4 is 17.6 Å². The molecule has 2 aliphatic rings. The van der Waals surface area contributed by atoms with E-state index in [1.54, 1.807) is 7.11 Å². The van der Waals surface area contributed by atoms with Gasteiger partial charge in [-0.3, -0.25) is 0 Å². The second kappa shape index (κ2) is 5.73. The summed E-state index contributed by atoms with van der Waals surface area (Å²) in [5, 5.41) is 0. The molecule has 1 saturated carbocycles. The minimum Gasteiger partial charge on any atom is -0.497 e. The van der Waals surface area contributed by atoms with Crippen LogP contribution in [0.2, 0.25) is 0 Å². The van der Waals surface area contributed by atoms with Crippen LogP contribution in [0.25, 0.3) is 6.08 Å². The van der Waals surface area contributed by atoms with Crippen molar-refractivity contribution in [2.24, 2.45) is 5.92 Å². The molecule has 3 heteroatoms. The summed E-state index contributed by atoms with van der Waals surface area (Å²) in [6, 6.07) is 12.9. The van der Waals surface area contributed by atoms with E-state index in [1.807, 2.05) is 18.3 Å². The molecule has 1 aliphatic heterocycles. The fourth-order valence-electron chi connectivity index (χ4n) is 3.85. The van der Waals surface area contributed by atoms with E-state index in [4.69, 9.17) is 4.74 Å². The Balaban J connectivity index is 1.84. The number of anilines is 2. The summed E-state index contributed by atoms with van der Waals surface area (Å²) in [5.74, 6) is 2.71. The highest BCUT2D eigenvalue weighted by Crippen LogP contribution is 2.44. The van der Waals surface area contributed by atoms with Gasteiger partial charge in [0, 0.05) is 23.5 Å². The molecule has 118 valence electrons. The Morgan fingerprint density at radius 3 is 2.96 bits per heavy atom. The van der Waals surface area contributed by atoms with E-state index < -0.39 is 0 Å². The molecule has 0 amide bonds. The normalized spacial score (nSPS) is 22.9. The SMILES string of the molecule is COc1cccc(N2c3ncccc3C=C3CC(C)CCC32)c1. The van der Waals surface area contributed by atoms with Crippen LogP contribution in [-0.4, -0.2) is 18.1 Å². The predicted molar refractivity (Wildman–Crippen MR) is 94.2 cm³/mol. The maximum absolute atomic E-state index is 5.43. The standard InChI is InChI=1S/C20H22N2O/c1-14-8-9-19-16(11-14)12-15-5-4-10-21-20(15)22(19)17-6-3-7-18(13-17)23-2/h3-7,10,12-14,19H,8-9,11H2,1-2H3. The molecule has 23 heavy (non-hydrogen) atoms. The number of nitrogens with zero attached hydrogens (tertiary/aromatic N) is 2. The fourth-order valence-corrected chi connectivity index (χ4v) is 3.85. The van der Waals surface area contributed by atoms with Crippen LogP contribution in [0.3, 0.4) is 0 Å². The fraction of sp³-hybridized carbons (Fsp3) is 0.350. The van der Waals surface area contributed by atoms with Gasteiger partial charge in [-0.05, 0) is 61.1 Å². The van der Waals surface area contributed by atoms with Crippen LogP contribution in [0.4, 0.5) is 11.5 Å². The van der Waals surface area contributed by atoms with Crippen molar-refractivity contribution in [2.75, 3.05) is 12.0 Å². The molecule has 0 N–H and O–H groups in total. The summed E-state index contributed by atoms with van der Waals surface area (Å²) >= 11 is 0. The monoisotopic (exact) mass is 306 g/mol. The van der Waals surface area contributed by atoms with E-state index >= 15 is 0 Å². The lowest BCUT2D eigenvalue weighted by atomic mass is 9.79. The third-order valence-corrected chi connectivity index (χ3v) is 4.97. The van der Waals surface area contributed by atoms with Gasteiger partial charge in [-0.1, -0.05) is 13.0 Å². The number of ether oxygens (including phenoxy) is 1. The van der Waals surface area contributed by atoms with Crippen LogP contribution in [0.15, 0.2) is 48.2 Å². The van der Waals surface area contributed by atoms with E-state index in [2.05, 4.69) is 47.1 Å². The van der Waals surface area contributed by atoms with Gasteiger partial charge in [0.05, 0.1) is 13.2 Å². The number of fused-ring (bicyclic) bond motifs is 2. The molecule has 2 heterocycles. The molecule has 3 nitrogen and oxygen atoms in total. The molecule has 2 unspecified atom stereocenters. The van der Waals surface area contributed by atoms with Gasteiger partial charge < -0.3 is 9.64 Å². The first-order chi connectivity index (χ1) is 11.3. The van der Waals surface area contributed by atoms with Crippen LogP contribution in [0.5, 0.6) is 5.75 Å². The molecule has 0 radical (unpaired) electrons. The van der Waals surface area contributed by atoms with Gasteiger partial charge in [-0.2, -0.15) is 0 Å². The van der Waals surface area contributed by atoms with Crippen molar-refractivity contribution in [3.63, 3.8) is 0 Å². The summed E-state index contributed by atoms with van der Waals surface area (Å²) in [5.41, 5.74) is 3.91. The number of benzene rings is 1.